The maximum absolute atomic E-state index is 13.1. The van der Waals surface area contributed by atoms with Crippen molar-refractivity contribution in [3.8, 4) is 0 Å². The zero-order chi connectivity index (χ0) is 15.2. The molecule has 5 heteroatoms. The minimum atomic E-state index is -0.997. The molecule has 0 saturated heterocycles. The summed E-state index contributed by atoms with van der Waals surface area (Å²) < 4.78 is 25.9. The van der Waals surface area contributed by atoms with E-state index in [2.05, 4.69) is 10.6 Å². The van der Waals surface area contributed by atoms with Gasteiger partial charge in [-0.25, -0.2) is 13.6 Å². The van der Waals surface area contributed by atoms with E-state index >= 15 is 0 Å². The minimum absolute atomic E-state index is 0.142. The number of anilines is 1. The fraction of sp³-hybridized carbons (Fsp3) is 0.188. The highest BCUT2D eigenvalue weighted by Crippen LogP contribution is 2.17. The summed E-state index contributed by atoms with van der Waals surface area (Å²) in [7, 11) is 0. The lowest BCUT2D eigenvalue weighted by Gasteiger charge is -2.18. The topological polar surface area (TPSA) is 41.1 Å². The molecule has 1 unspecified atom stereocenters. The van der Waals surface area contributed by atoms with Gasteiger partial charge in [0, 0.05) is 11.8 Å². The van der Waals surface area contributed by atoms with Gasteiger partial charge in [0.1, 0.15) is 0 Å². The predicted molar refractivity (Wildman–Crippen MR) is 78.0 cm³/mol. The summed E-state index contributed by atoms with van der Waals surface area (Å²) in [6.45, 7) is 1.95. The highest BCUT2D eigenvalue weighted by Gasteiger charge is 2.13. The summed E-state index contributed by atoms with van der Waals surface area (Å²) in [4.78, 5) is 11.9. The van der Waals surface area contributed by atoms with Crippen molar-refractivity contribution in [2.45, 2.75) is 19.4 Å². The van der Waals surface area contributed by atoms with Crippen LogP contribution in [-0.4, -0.2) is 6.03 Å². The number of urea groups is 1. The third-order valence-electron chi connectivity index (χ3n) is 3.09. The zero-order valence-corrected chi connectivity index (χ0v) is 11.6. The van der Waals surface area contributed by atoms with Gasteiger partial charge in [-0.1, -0.05) is 37.3 Å². The van der Waals surface area contributed by atoms with Crippen molar-refractivity contribution in [1.82, 2.24) is 5.32 Å². The molecular formula is C16H16F2N2O. The van der Waals surface area contributed by atoms with Crippen LogP contribution in [0.4, 0.5) is 19.3 Å². The van der Waals surface area contributed by atoms with Gasteiger partial charge >= 0.3 is 6.03 Å². The Morgan fingerprint density at radius 1 is 1.10 bits per heavy atom. The quantitative estimate of drug-likeness (QED) is 0.869. The van der Waals surface area contributed by atoms with Gasteiger partial charge in [-0.2, -0.15) is 0 Å². The number of hydrogen-bond donors (Lipinski definition) is 2. The smallest absolute Gasteiger partial charge is 0.319 e. The van der Waals surface area contributed by atoms with Crippen LogP contribution in [0, 0.1) is 11.6 Å². The molecule has 0 bridgehead atoms. The number of amides is 2. The molecule has 21 heavy (non-hydrogen) atoms. The Balaban J connectivity index is 2.01. The van der Waals surface area contributed by atoms with Gasteiger partial charge in [-0.05, 0) is 24.1 Å². The summed E-state index contributed by atoms with van der Waals surface area (Å²) in [5, 5.41) is 5.29. The lowest BCUT2D eigenvalue weighted by molar-refractivity contribution is 0.248. The average Bonchev–Trinajstić information content (AvgIpc) is 2.49. The van der Waals surface area contributed by atoms with Crippen LogP contribution in [0.25, 0.3) is 0 Å². The fourth-order valence-corrected chi connectivity index (χ4v) is 2.01. The molecule has 0 fully saturated rings. The first kappa shape index (κ1) is 15.0. The molecule has 0 aromatic heterocycles. The first-order valence-corrected chi connectivity index (χ1v) is 6.67. The van der Waals surface area contributed by atoms with Crippen LogP contribution in [-0.2, 0) is 0 Å². The van der Waals surface area contributed by atoms with E-state index < -0.39 is 17.7 Å². The Bertz CT molecular complexity index is 617. The van der Waals surface area contributed by atoms with Gasteiger partial charge in [0.05, 0.1) is 6.04 Å². The van der Waals surface area contributed by atoms with Crippen molar-refractivity contribution in [1.29, 1.82) is 0 Å². The standard InChI is InChI=1S/C16H16F2N2O/c1-2-15(11-6-4-3-5-7-11)20-16(21)19-12-8-9-13(17)14(18)10-12/h3-10,15H,2H2,1H3,(H2,19,20,21). The van der Waals surface area contributed by atoms with Gasteiger partial charge in [0.15, 0.2) is 11.6 Å². The van der Waals surface area contributed by atoms with Crippen LogP contribution >= 0.6 is 0 Å². The molecule has 0 aliphatic rings. The normalized spacial score (nSPS) is 11.8. The lowest BCUT2D eigenvalue weighted by Crippen LogP contribution is -2.32. The number of carbonyl (C=O) groups is 1. The van der Waals surface area contributed by atoms with Crippen molar-refractivity contribution in [2.24, 2.45) is 0 Å². The molecule has 2 rings (SSSR count). The molecule has 3 nitrogen and oxygen atoms in total. The zero-order valence-electron chi connectivity index (χ0n) is 11.6. The second-order valence-corrected chi connectivity index (χ2v) is 4.60. The van der Waals surface area contributed by atoms with Crippen molar-refractivity contribution in [2.75, 3.05) is 5.32 Å². The molecule has 2 aromatic rings. The fourth-order valence-electron chi connectivity index (χ4n) is 2.01. The molecule has 0 aliphatic carbocycles. The van der Waals surface area contributed by atoms with Crippen molar-refractivity contribution < 1.29 is 13.6 Å². The summed E-state index contributed by atoms with van der Waals surface area (Å²) in [5.41, 5.74) is 1.19. The summed E-state index contributed by atoms with van der Waals surface area (Å²) in [5.74, 6) is -1.94. The third-order valence-corrected chi connectivity index (χ3v) is 3.09. The third kappa shape index (κ3) is 4.02. The predicted octanol–water partition coefficient (Wildman–Crippen LogP) is 4.24. The van der Waals surface area contributed by atoms with E-state index in [1.54, 1.807) is 0 Å². The van der Waals surface area contributed by atoms with Crippen molar-refractivity contribution in [3.05, 3.63) is 65.7 Å². The van der Waals surface area contributed by atoms with E-state index in [0.717, 1.165) is 24.1 Å². The van der Waals surface area contributed by atoms with Crippen LogP contribution in [0.3, 0.4) is 0 Å². The number of hydrogen-bond acceptors (Lipinski definition) is 1. The summed E-state index contributed by atoms with van der Waals surface area (Å²) >= 11 is 0. The molecule has 1 atom stereocenters. The Kier molecular flexibility index (Phi) is 4.87. The molecule has 0 saturated carbocycles. The SMILES string of the molecule is CCC(NC(=O)Nc1ccc(F)c(F)c1)c1ccccc1. The van der Waals surface area contributed by atoms with Crippen molar-refractivity contribution >= 4 is 11.7 Å². The molecule has 0 aliphatic heterocycles. The van der Waals surface area contributed by atoms with Gasteiger partial charge < -0.3 is 10.6 Å². The number of halogens is 2. The van der Waals surface area contributed by atoms with E-state index in [1.807, 2.05) is 37.3 Å². The molecular weight excluding hydrogens is 274 g/mol. The monoisotopic (exact) mass is 290 g/mol. The number of rotatable bonds is 4. The van der Waals surface area contributed by atoms with E-state index in [0.29, 0.717) is 0 Å². The molecule has 2 aromatic carbocycles. The van der Waals surface area contributed by atoms with Gasteiger partial charge in [0.2, 0.25) is 0 Å². The molecule has 2 amide bonds. The number of carbonyl (C=O) groups excluding carboxylic acids is 1. The van der Waals surface area contributed by atoms with Crippen LogP contribution in [0.2, 0.25) is 0 Å². The first-order valence-electron chi connectivity index (χ1n) is 6.67. The largest absolute Gasteiger partial charge is 0.331 e. The van der Waals surface area contributed by atoms with Crippen LogP contribution in [0.1, 0.15) is 24.9 Å². The molecule has 2 N–H and O–H groups in total. The molecule has 110 valence electrons. The Morgan fingerprint density at radius 2 is 1.81 bits per heavy atom. The van der Waals surface area contributed by atoms with E-state index in [1.165, 1.54) is 6.07 Å². The number of nitrogens with one attached hydrogen (secondary N) is 2. The lowest BCUT2D eigenvalue weighted by atomic mass is 10.1. The molecule has 0 heterocycles. The van der Waals surface area contributed by atoms with E-state index in [-0.39, 0.29) is 11.7 Å². The average molecular weight is 290 g/mol. The number of benzene rings is 2. The second-order valence-electron chi connectivity index (χ2n) is 4.60. The summed E-state index contributed by atoms with van der Waals surface area (Å²) in [6.07, 6.45) is 0.717. The second kappa shape index (κ2) is 6.83. The first-order chi connectivity index (χ1) is 10.1. The Morgan fingerprint density at radius 3 is 2.43 bits per heavy atom. The van der Waals surface area contributed by atoms with Crippen molar-refractivity contribution in [3.63, 3.8) is 0 Å². The van der Waals surface area contributed by atoms with E-state index in [9.17, 15) is 13.6 Å². The minimum Gasteiger partial charge on any atom is -0.331 e. The Hall–Kier alpha value is -2.43. The van der Waals surface area contributed by atoms with Gasteiger partial charge in [0.25, 0.3) is 0 Å². The molecule has 0 spiro atoms. The van der Waals surface area contributed by atoms with Crippen LogP contribution in [0.15, 0.2) is 48.5 Å². The van der Waals surface area contributed by atoms with Crippen LogP contribution < -0.4 is 10.6 Å². The highest BCUT2D eigenvalue weighted by molar-refractivity contribution is 5.89. The van der Waals surface area contributed by atoms with Crippen LogP contribution in [0.5, 0.6) is 0 Å². The highest BCUT2D eigenvalue weighted by atomic mass is 19.2. The summed E-state index contributed by atoms with van der Waals surface area (Å²) in [6, 6.07) is 12.2. The molecule has 0 radical (unpaired) electrons. The Labute approximate surface area is 122 Å². The van der Waals surface area contributed by atoms with E-state index in [4.69, 9.17) is 0 Å². The maximum Gasteiger partial charge on any atom is 0.319 e. The van der Waals surface area contributed by atoms with Gasteiger partial charge in [-0.3, -0.25) is 0 Å². The maximum atomic E-state index is 13.1. The van der Waals surface area contributed by atoms with Gasteiger partial charge in [-0.15, -0.1) is 0 Å².